The molecule has 0 amide bonds. The van der Waals surface area contributed by atoms with Gasteiger partial charge in [0.2, 0.25) is 0 Å². The largest absolute Gasteiger partial charge is 0.287 e. The van der Waals surface area contributed by atoms with Gasteiger partial charge in [-0.05, 0) is 6.08 Å². The summed E-state index contributed by atoms with van der Waals surface area (Å²) in [4.78, 5) is 0. The molecule has 0 aromatic heterocycles. The number of hydrogen-bond acceptors (Lipinski definition) is 2. The van der Waals surface area contributed by atoms with Gasteiger partial charge in [-0.2, -0.15) is 8.42 Å². The third-order valence-corrected chi connectivity index (χ3v) is 0.888. The van der Waals surface area contributed by atoms with Gasteiger partial charge in [0, 0.05) is 0 Å². The van der Waals surface area contributed by atoms with Gasteiger partial charge in [0.15, 0.2) is 0 Å². The van der Waals surface area contributed by atoms with Crippen LogP contribution in [0, 0.1) is 0 Å². The van der Waals surface area contributed by atoms with Crippen LogP contribution in [-0.4, -0.2) is 13.0 Å². The zero-order valence-corrected chi connectivity index (χ0v) is 4.93. The van der Waals surface area contributed by atoms with E-state index in [1.807, 2.05) is 0 Å². The molecule has 0 saturated heterocycles. The molecular formula is C4H6O3S. The third kappa shape index (κ3) is 5.39. The van der Waals surface area contributed by atoms with Crippen molar-refractivity contribution < 1.29 is 13.0 Å². The second-order valence-electron chi connectivity index (χ2n) is 1.08. The summed E-state index contributed by atoms with van der Waals surface area (Å²) in [7, 11) is -3.94. The van der Waals surface area contributed by atoms with Crippen molar-refractivity contribution in [1.29, 1.82) is 0 Å². The second-order valence-corrected chi connectivity index (χ2v) is 2.38. The van der Waals surface area contributed by atoms with E-state index in [-0.39, 0.29) is 0 Å². The molecule has 8 heavy (non-hydrogen) atoms. The molecule has 0 saturated carbocycles. The average Bonchev–Trinajstić information content (AvgIpc) is 1.59. The molecule has 0 fully saturated rings. The van der Waals surface area contributed by atoms with Crippen LogP contribution in [0.1, 0.15) is 0 Å². The lowest BCUT2D eigenvalue weighted by atomic mass is 10.6. The van der Waals surface area contributed by atoms with Crippen LogP contribution in [0.25, 0.3) is 0 Å². The standard InChI is InChI=1S/C4H6O3S/c1-2-3-4-8(5,6)7/h2-4H,1H2,(H,5,6,7). The maximum Gasteiger partial charge on any atom is 0.287 e. The first-order valence-corrected chi connectivity index (χ1v) is 3.33. The van der Waals surface area contributed by atoms with Crippen molar-refractivity contribution in [2.45, 2.75) is 0 Å². The zero-order chi connectivity index (χ0) is 6.62. The molecular weight excluding hydrogens is 128 g/mol. The number of allylic oxidation sites excluding steroid dienone is 2. The van der Waals surface area contributed by atoms with Crippen molar-refractivity contribution in [1.82, 2.24) is 0 Å². The molecule has 0 aliphatic heterocycles. The highest BCUT2D eigenvalue weighted by Gasteiger charge is 1.90. The van der Waals surface area contributed by atoms with Crippen molar-refractivity contribution >= 4 is 10.1 Å². The lowest BCUT2D eigenvalue weighted by Gasteiger charge is -1.77. The Balaban J connectivity index is 4.12. The van der Waals surface area contributed by atoms with Crippen molar-refractivity contribution in [3.05, 3.63) is 24.1 Å². The van der Waals surface area contributed by atoms with Crippen LogP contribution in [0.3, 0.4) is 0 Å². The van der Waals surface area contributed by atoms with Crippen LogP contribution in [0.5, 0.6) is 0 Å². The lowest BCUT2D eigenvalue weighted by molar-refractivity contribution is 0.494. The minimum Gasteiger partial charge on any atom is -0.282 e. The van der Waals surface area contributed by atoms with Gasteiger partial charge in [-0.25, -0.2) is 0 Å². The summed E-state index contributed by atoms with van der Waals surface area (Å²) < 4.78 is 27.6. The summed E-state index contributed by atoms with van der Waals surface area (Å²) in [6, 6.07) is 0. The van der Waals surface area contributed by atoms with Gasteiger partial charge in [-0.3, -0.25) is 4.55 Å². The summed E-state index contributed by atoms with van der Waals surface area (Å²) >= 11 is 0. The van der Waals surface area contributed by atoms with Gasteiger partial charge in [0.1, 0.15) is 0 Å². The maximum absolute atomic E-state index is 9.81. The fourth-order valence-corrected chi connectivity index (χ4v) is 0.465. The molecule has 0 aliphatic rings. The van der Waals surface area contributed by atoms with E-state index in [1.165, 1.54) is 6.08 Å². The van der Waals surface area contributed by atoms with Gasteiger partial charge in [0.05, 0.1) is 5.41 Å². The monoisotopic (exact) mass is 134 g/mol. The molecule has 0 spiro atoms. The average molecular weight is 134 g/mol. The lowest BCUT2D eigenvalue weighted by Crippen LogP contribution is -1.87. The molecule has 0 atom stereocenters. The highest BCUT2D eigenvalue weighted by atomic mass is 32.2. The van der Waals surface area contributed by atoms with E-state index in [4.69, 9.17) is 4.55 Å². The van der Waals surface area contributed by atoms with Gasteiger partial charge in [-0.1, -0.05) is 12.7 Å². The molecule has 0 unspecified atom stereocenters. The van der Waals surface area contributed by atoms with Crippen LogP contribution in [-0.2, 0) is 10.1 Å². The fourth-order valence-electron chi connectivity index (χ4n) is 0.155. The Morgan fingerprint density at radius 1 is 1.50 bits per heavy atom. The van der Waals surface area contributed by atoms with Gasteiger partial charge < -0.3 is 0 Å². The van der Waals surface area contributed by atoms with E-state index in [0.717, 1.165) is 6.08 Å². The van der Waals surface area contributed by atoms with Crippen LogP contribution in [0.15, 0.2) is 24.1 Å². The number of hydrogen-bond donors (Lipinski definition) is 1. The van der Waals surface area contributed by atoms with Gasteiger partial charge in [0.25, 0.3) is 10.1 Å². The molecule has 0 aromatic rings. The smallest absolute Gasteiger partial charge is 0.282 e. The Hall–Kier alpha value is -0.610. The molecule has 1 N–H and O–H groups in total. The quantitative estimate of drug-likeness (QED) is 0.444. The topological polar surface area (TPSA) is 54.4 Å². The van der Waals surface area contributed by atoms with Gasteiger partial charge in [-0.15, -0.1) is 0 Å². The minimum absolute atomic E-state index is 0.653. The molecule has 0 aliphatic carbocycles. The summed E-state index contributed by atoms with van der Waals surface area (Å²) in [5, 5.41) is 0.653. The SMILES string of the molecule is C=CC=CS(=O)(=O)O. The fraction of sp³-hybridized carbons (Fsp3) is 0. The summed E-state index contributed by atoms with van der Waals surface area (Å²) in [5.74, 6) is 0. The minimum atomic E-state index is -3.94. The summed E-state index contributed by atoms with van der Waals surface area (Å²) in [5.41, 5.74) is 0. The Morgan fingerprint density at radius 2 is 2.00 bits per heavy atom. The Bertz CT molecular complexity index is 187. The maximum atomic E-state index is 9.81. The van der Waals surface area contributed by atoms with E-state index in [1.54, 1.807) is 0 Å². The summed E-state index contributed by atoms with van der Waals surface area (Å²) in [6.45, 7) is 3.20. The molecule has 46 valence electrons. The molecule has 0 aromatic carbocycles. The zero-order valence-electron chi connectivity index (χ0n) is 4.11. The highest BCUT2D eigenvalue weighted by Crippen LogP contribution is 1.82. The first-order valence-electron chi connectivity index (χ1n) is 1.83. The predicted molar refractivity (Wildman–Crippen MR) is 30.9 cm³/mol. The molecule has 4 heteroatoms. The van der Waals surface area contributed by atoms with Crippen LogP contribution in [0.2, 0.25) is 0 Å². The van der Waals surface area contributed by atoms with Crippen molar-refractivity contribution in [3.8, 4) is 0 Å². The Kier molecular flexibility index (Phi) is 2.44. The van der Waals surface area contributed by atoms with Crippen molar-refractivity contribution in [2.24, 2.45) is 0 Å². The summed E-state index contributed by atoms with van der Waals surface area (Å²) in [6.07, 6.45) is 2.39. The first-order chi connectivity index (χ1) is 3.56. The van der Waals surface area contributed by atoms with Crippen LogP contribution >= 0.6 is 0 Å². The second kappa shape index (κ2) is 2.64. The molecule has 0 radical (unpaired) electrons. The number of rotatable bonds is 2. The molecule has 0 rings (SSSR count). The molecule has 0 heterocycles. The molecule has 0 bridgehead atoms. The predicted octanol–water partition coefficient (Wildman–Crippen LogP) is 0.574. The first kappa shape index (κ1) is 7.39. The van der Waals surface area contributed by atoms with Gasteiger partial charge >= 0.3 is 0 Å². The Morgan fingerprint density at radius 3 is 2.12 bits per heavy atom. The van der Waals surface area contributed by atoms with Crippen molar-refractivity contribution in [3.63, 3.8) is 0 Å². The van der Waals surface area contributed by atoms with Crippen LogP contribution in [0.4, 0.5) is 0 Å². The van der Waals surface area contributed by atoms with E-state index < -0.39 is 10.1 Å². The van der Waals surface area contributed by atoms with E-state index in [0.29, 0.717) is 5.41 Å². The van der Waals surface area contributed by atoms with E-state index in [2.05, 4.69) is 6.58 Å². The van der Waals surface area contributed by atoms with E-state index in [9.17, 15) is 8.42 Å². The molecule has 3 nitrogen and oxygen atoms in total. The van der Waals surface area contributed by atoms with Crippen LogP contribution < -0.4 is 0 Å². The Labute approximate surface area is 48.1 Å². The normalized spacial score (nSPS) is 12.1. The van der Waals surface area contributed by atoms with E-state index >= 15 is 0 Å². The van der Waals surface area contributed by atoms with Crippen molar-refractivity contribution in [2.75, 3.05) is 0 Å². The highest BCUT2D eigenvalue weighted by molar-refractivity contribution is 7.88. The third-order valence-electron chi connectivity index (χ3n) is 0.387.